The number of imidazole rings is 1. The van der Waals surface area contributed by atoms with Gasteiger partial charge in [0.05, 0.1) is 12.4 Å². The summed E-state index contributed by atoms with van der Waals surface area (Å²) in [7, 11) is 1.65. The highest BCUT2D eigenvalue weighted by Crippen LogP contribution is 2.27. The number of thioether (sulfide) groups is 1. The lowest BCUT2D eigenvalue weighted by atomic mass is 9.86. The number of hydrogen-bond donors (Lipinski definition) is 1. The summed E-state index contributed by atoms with van der Waals surface area (Å²) in [5.41, 5.74) is 0.999. The largest absolute Gasteiger partial charge is 0.497 e. The molecule has 1 aromatic heterocycles. The van der Waals surface area contributed by atoms with Gasteiger partial charge in [0.2, 0.25) is 5.91 Å². The molecule has 1 aliphatic rings. The number of nitrogens with one attached hydrogen (secondary N) is 1. The number of methoxy groups -OCH3 is 1. The minimum atomic E-state index is -0.191. The van der Waals surface area contributed by atoms with Crippen LogP contribution in [0.4, 0.5) is 0 Å². The van der Waals surface area contributed by atoms with Crippen LogP contribution in [0, 0.1) is 5.92 Å². The van der Waals surface area contributed by atoms with E-state index >= 15 is 0 Å². The van der Waals surface area contributed by atoms with Crippen LogP contribution < -0.4 is 10.1 Å². The first kappa shape index (κ1) is 18.8. The molecule has 0 radical (unpaired) electrons. The number of hydrogen-bond acceptors (Lipinski definition) is 4. The zero-order valence-corrected chi connectivity index (χ0v) is 16.5. The maximum absolute atomic E-state index is 12.6. The molecule has 5 nitrogen and oxygen atoms in total. The van der Waals surface area contributed by atoms with Gasteiger partial charge in [-0.2, -0.15) is 0 Å². The number of nitrogens with zero attached hydrogens (tertiary/aromatic N) is 2. The van der Waals surface area contributed by atoms with E-state index < -0.39 is 0 Å². The maximum atomic E-state index is 12.6. The van der Waals surface area contributed by atoms with Crippen LogP contribution in [0.3, 0.4) is 0 Å². The minimum Gasteiger partial charge on any atom is -0.497 e. The predicted molar refractivity (Wildman–Crippen MR) is 105 cm³/mol. The van der Waals surface area contributed by atoms with E-state index in [2.05, 4.69) is 17.2 Å². The lowest BCUT2D eigenvalue weighted by Gasteiger charge is -2.30. The Morgan fingerprint density at radius 2 is 2.04 bits per heavy atom. The van der Waals surface area contributed by atoms with Gasteiger partial charge in [-0.25, -0.2) is 4.98 Å². The topological polar surface area (TPSA) is 56.2 Å². The van der Waals surface area contributed by atoms with Crippen LogP contribution >= 0.6 is 11.8 Å². The Labute approximate surface area is 159 Å². The van der Waals surface area contributed by atoms with Gasteiger partial charge < -0.3 is 10.1 Å². The van der Waals surface area contributed by atoms with Gasteiger partial charge in [0.25, 0.3) is 0 Å². The fourth-order valence-corrected chi connectivity index (χ4v) is 4.25. The van der Waals surface area contributed by atoms with Crippen molar-refractivity contribution in [2.45, 2.75) is 56.0 Å². The van der Waals surface area contributed by atoms with Crippen molar-refractivity contribution in [3.63, 3.8) is 0 Å². The fourth-order valence-electron chi connectivity index (χ4n) is 3.36. The summed E-state index contributed by atoms with van der Waals surface area (Å²) < 4.78 is 7.21. The molecule has 3 unspecified atom stereocenters. The molecule has 140 valence electrons. The molecule has 1 N–H and O–H groups in total. The van der Waals surface area contributed by atoms with E-state index in [0.717, 1.165) is 23.0 Å². The Morgan fingerprint density at radius 3 is 2.73 bits per heavy atom. The molecule has 3 atom stereocenters. The number of carbonyl (C=O) groups is 1. The van der Waals surface area contributed by atoms with Crippen LogP contribution in [0.15, 0.2) is 41.8 Å². The molecule has 26 heavy (non-hydrogen) atoms. The van der Waals surface area contributed by atoms with Crippen LogP contribution in [-0.4, -0.2) is 33.9 Å². The average molecular weight is 374 g/mol. The smallest absolute Gasteiger partial charge is 0.233 e. The number of benzene rings is 1. The first-order chi connectivity index (χ1) is 12.6. The van der Waals surface area contributed by atoms with Gasteiger partial charge in [-0.05, 0) is 49.9 Å². The number of rotatable bonds is 6. The Bertz CT molecular complexity index is 729. The molecule has 1 amide bonds. The van der Waals surface area contributed by atoms with Crippen LogP contribution in [0.25, 0.3) is 5.69 Å². The fraction of sp³-hybridized carbons (Fsp3) is 0.500. The van der Waals surface area contributed by atoms with Crippen LogP contribution in [0.2, 0.25) is 0 Å². The van der Waals surface area contributed by atoms with E-state index in [4.69, 9.17) is 4.74 Å². The summed E-state index contributed by atoms with van der Waals surface area (Å²) in [6.07, 6.45) is 8.45. The van der Waals surface area contributed by atoms with Gasteiger partial charge in [0.15, 0.2) is 5.16 Å². The molecule has 2 aromatic rings. The summed E-state index contributed by atoms with van der Waals surface area (Å²) in [6, 6.07) is 8.12. The van der Waals surface area contributed by atoms with Gasteiger partial charge in [-0.3, -0.25) is 9.36 Å². The highest BCUT2D eigenvalue weighted by Gasteiger charge is 2.25. The second kappa shape index (κ2) is 8.62. The first-order valence-electron chi connectivity index (χ1n) is 9.23. The van der Waals surface area contributed by atoms with Gasteiger partial charge in [0, 0.05) is 24.1 Å². The van der Waals surface area contributed by atoms with E-state index in [1.54, 1.807) is 13.3 Å². The third kappa shape index (κ3) is 4.41. The van der Waals surface area contributed by atoms with Crippen molar-refractivity contribution in [3.05, 3.63) is 36.7 Å². The van der Waals surface area contributed by atoms with Crippen molar-refractivity contribution >= 4 is 17.7 Å². The summed E-state index contributed by atoms with van der Waals surface area (Å²) in [5.74, 6) is 1.47. The predicted octanol–water partition coefficient (Wildman–Crippen LogP) is 4.06. The number of ether oxygens (including phenoxy) is 1. The highest BCUT2D eigenvalue weighted by molar-refractivity contribution is 8.00. The quantitative estimate of drug-likeness (QED) is 0.776. The van der Waals surface area contributed by atoms with Crippen LogP contribution in [0.1, 0.15) is 39.5 Å². The lowest BCUT2D eigenvalue weighted by molar-refractivity contribution is -0.121. The Hall–Kier alpha value is -1.95. The second-order valence-electron chi connectivity index (χ2n) is 6.91. The molecule has 6 heteroatoms. The normalized spacial score (nSPS) is 21.2. The molecule has 1 heterocycles. The van der Waals surface area contributed by atoms with Crippen LogP contribution in [0.5, 0.6) is 5.75 Å². The Morgan fingerprint density at radius 1 is 1.31 bits per heavy atom. The van der Waals surface area contributed by atoms with Gasteiger partial charge in [-0.1, -0.05) is 31.5 Å². The Kier molecular flexibility index (Phi) is 6.25. The van der Waals surface area contributed by atoms with Crippen molar-refractivity contribution in [2.75, 3.05) is 7.11 Å². The monoisotopic (exact) mass is 373 g/mol. The van der Waals surface area contributed by atoms with E-state index in [1.807, 2.05) is 42.0 Å². The van der Waals surface area contributed by atoms with E-state index in [0.29, 0.717) is 12.0 Å². The maximum Gasteiger partial charge on any atom is 0.233 e. The van der Waals surface area contributed by atoms with Gasteiger partial charge >= 0.3 is 0 Å². The first-order valence-corrected chi connectivity index (χ1v) is 10.1. The Balaban J connectivity index is 1.65. The molecule has 1 saturated carbocycles. The summed E-state index contributed by atoms with van der Waals surface area (Å²) in [6.45, 7) is 4.18. The van der Waals surface area contributed by atoms with Crippen molar-refractivity contribution < 1.29 is 9.53 Å². The molecule has 0 aliphatic heterocycles. The number of amides is 1. The summed E-state index contributed by atoms with van der Waals surface area (Å²) in [5, 5.41) is 3.86. The van der Waals surface area contributed by atoms with Crippen molar-refractivity contribution in [2.24, 2.45) is 5.92 Å². The molecule has 0 spiro atoms. The lowest BCUT2D eigenvalue weighted by Crippen LogP contribution is -2.44. The van der Waals surface area contributed by atoms with E-state index in [9.17, 15) is 4.79 Å². The summed E-state index contributed by atoms with van der Waals surface area (Å²) in [4.78, 5) is 17.1. The van der Waals surface area contributed by atoms with E-state index in [-0.39, 0.29) is 11.2 Å². The van der Waals surface area contributed by atoms with Crippen molar-refractivity contribution in [3.8, 4) is 11.4 Å². The number of carbonyl (C=O) groups excluding carboxylic acids is 1. The molecular weight excluding hydrogens is 346 g/mol. The van der Waals surface area contributed by atoms with Crippen LogP contribution in [-0.2, 0) is 4.79 Å². The number of aromatic nitrogens is 2. The molecular formula is C20H27N3O2S. The zero-order chi connectivity index (χ0) is 18.5. The van der Waals surface area contributed by atoms with Crippen molar-refractivity contribution in [1.82, 2.24) is 14.9 Å². The minimum absolute atomic E-state index is 0.0954. The molecule has 3 rings (SSSR count). The van der Waals surface area contributed by atoms with Gasteiger partial charge in [-0.15, -0.1) is 0 Å². The van der Waals surface area contributed by atoms with Crippen molar-refractivity contribution in [1.29, 1.82) is 0 Å². The summed E-state index contributed by atoms with van der Waals surface area (Å²) >= 11 is 1.49. The average Bonchev–Trinajstić information content (AvgIpc) is 3.11. The highest BCUT2D eigenvalue weighted by atomic mass is 32.2. The van der Waals surface area contributed by atoms with Gasteiger partial charge in [0.1, 0.15) is 5.75 Å². The third-order valence-electron chi connectivity index (χ3n) is 5.05. The third-order valence-corrected chi connectivity index (χ3v) is 6.13. The zero-order valence-electron chi connectivity index (χ0n) is 15.6. The van der Waals surface area contributed by atoms with E-state index in [1.165, 1.54) is 31.0 Å². The SMILES string of the molecule is COc1ccc(-n2ccnc2SC(C)C(=O)NC2CCCCC2C)cc1. The standard InChI is InChI=1S/C20H27N3O2S/c1-14-6-4-5-7-18(14)22-19(24)15(2)26-20-21-12-13-23(20)16-8-10-17(25-3)11-9-16/h8-15,18H,4-7H2,1-3H3,(H,22,24). The molecule has 0 saturated heterocycles. The molecule has 1 fully saturated rings. The molecule has 1 aliphatic carbocycles. The molecule has 1 aromatic carbocycles. The second-order valence-corrected chi connectivity index (χ2v) is 8.22. The molecule has 0 bridgehead atoms.